The van der Waals surface area contributed by atoms with Crippen molar-refractivity contribution in [1.82, 2.24) is 50.7 Å². The summed E-state index contributed by atoms with van der Waals surface area (Å²) in [5.41, 5.74) is -1.20. The first-order valence-corrected chi connectivity index (χ1v) is 32.8. The molecule has 0 aromatic carbocycles. The predicted octanol–water partition coefficient (Wildman–Crippen LogP) is 2.27. The molecule has 0 aromatic heterocycles. The molecule has 11 amide bonds. The van der Waals surface area contributed by atoms with Gasteiger partial charge in [0.15, 0.2) is 6.04 Å². The molecule has 2 heterocycles. The summed E-state index contributed by atoms with van der Waals surface area (Å²) in [7, 11) is 9.77. The number of likely N-dealkylation sites (N-methyl/N-ethyl adjacent to an activating group) is 7. The minimum Gasteiger partial charge on any atom is -0.394 e. The van der Waals surface area contributed by atoms with Gasteiger partial charge in [-0.15, -0.1) is 0 Å². The number of hydrogen-bond donors (Lipinski definition) is 6. The number of rotatable bonds is 19. The second kappa shape index (κ2) is 35.4. The number of nitrogens with one attached hydrogen (secondary N) is 4. The zero-order valence-electron chi connectivity index (χ0n) is 60.1. The summed E-state index contributed by atoms with van der Waals surface area (Å²) < 4.78 is 11.1. The molecule has 26 heteroatoms. The van der Waals surface area contributed by atoms with Crippen LogP contribution in [-0.2, 0) is 62.2 Å². The average Bonchev–Trinajstić information content (AvgIpc) is 1.53. The van der Waals surface area contributed by atoms with Gasteiger partial charge < -0.3 is 70.4 Å². The van der Waals surface area contributed by atoms with E-state index in [1.54, 1.807) is 88.4 Å². The van der Waals surface area contributed by atoms with Crippen molar-refractivity contribution < 1.29 is 76.9 Å². The van der Waals surface area contributed by atoms with Crippen molar-refractivity contribution in [1.29, 1.82) is 0 Å². The van der Waals surface area contributed by atoms with E-state index in [-0.39, 0.29) is 56.7 Å². The maximum atomic E-state index is 15.3. The number of quaternary nitrogens is 1. The summed E-state index contributed by atoms with van der Waals surface area (Å²) in [6.45, 7) is 30.1. The molecule has 6 N–H and O–H groups in total. The smallest absolute Gasteiger partial charge is 0.336 e. The molecule has 0 aromatic rings. The Balaban J connectivity index is 3.08. The molecule has 2 aliphatic rings. The number of amides is 11. The Hall–Kier alpha value is -6.09. The monoisotopic (exact) mass is 1300 g/mol. The average molecular weight is 1310 g/mol. The maximum absolute atomic E-state index is 15.3. The molecule has 526 valence electrons. The van der Waals surface area contributed by atoms with E-state index in [0.29, 0.717) is 6.61 Å². The number of nitrogens with zero attached hydrogens (tertiary/aromatic N) is 7. The third-order valence-corrected chi connectivity index (χ3v) is 18.3. The Morgan fingerprint density at radius 2 is 1.05 bits per heavy atom. The van der Waals surface area contributed by atoms with Crippen molar-refractivity contribution in [3.63, 3.8) is 0 Å². The minimum atomic E-state index is -1.69. The zero-order valence-corrected chi connectivity index (χ0v) is 60.1. The number of carbonyl (C=O) groups is 11. The highest BCUT2D eigenvalue weighted by atomic mass is 16.7. The van der Waals surface area contributed by atoms with Gasteiger partial charge in [0.1, 0.15) is 67.2 Å². The fraction of sp³-hybridized carbons (Fsp3) is 0.803. The lowest BCUT2D eigenvalue weighted by molar-refractivity contribution is -0.723. The number of hydrogen-bond acceptors (Lipinski definition) is 15. The van der Waals surface area contributed by atoms with Gasteiger partial charge in [0.2, 0.25) is 59.2 Å². The first-order valence-electron chi connectivity index (χ1n) is 32.8. The van der Waals surface area contributed by atoms with Crippen LogP contribution in [-0.4, -0.2) is 263 Å². The van der Waals surface area contributed by atoms with Crippen molar-refractivity contribution in [2.45, 2.75) is 241 Å². The van der Waals surface area contributed by atoms with Gasteiger partial charge in [-0.1, -0.05) is 95.2 Å². The van der Waals surface area contributed by atoms with Crippen LogP contribution in [0.5, 0.6) is 0 Å². The molecule has 2 fully saturated rings. The van der Waals surface area contributed by atoms with E-state index in [1.807, 2.05) is 41.5 Å². The normalized spacial score (nSPS) is 29.5. The Morgan fingerprint density at radius 3 is 1.54 bits per heavy atom. The summed E-state index contributed by atoms with van der Waals surface area (Å²) in [5.74, 6) is -10.6. The second-order valence-corrected chi connectivity index (χ2v) is 28.2. The standard InChI is InChI=1S/C66H117N11O15/c1-26-29-30-41(14)54(79)51-58(83)69-44(27-2)59(84)74(22)48(34-78)61(86)73(21)47(33-66(17,18)92-35-91-28-3)57(82)70-49(38(8)9)62(87)71(19)45(31-36(4)5)56(81)67-42(15)55(80)68-43(16)65(90)77(25)52(40(12)13)53(77)64(89)72(20)46(32-37(6)7)60(85)75(23)50(39(10)11)63(88)76(51)24/h26,29,36-54,78-79H,27-28,30-35H2,1-25H3,(H3-,67,68,69,70,80,81,82,83)/p+1/t41-,42+,43-,44+,45+,46+,47+,48-,49+,50+,51+,52?,53-,54-,77?/m1/s1. The molecule has 0 bridgehead atoms. The van der Waals surface area contributed by atoms with E-state index in [0.717, 1.165) is 14.7 Å². The molecule has 0 aliphatic carbocycles. The first kappa shape index (κ1) is 82.0. The topological polar surface area (TPSA) is 314 Å². The molecule has 0 radical (unpaired) electrons. The Labute approximate surface area is 548 Å². The van der Waals surface area contributed by atoms with Crippen molar-refractivity contribution in [2.24, 2.45) is 35.5 Å². The third-order valence-electron chi connectivity index (χ3n) is 18.3. The van der Waals surface area contributed by atoms with Gasteiger partial charge in [-0.05, 0) is 96.8 Å². The summed E-state index contributed by atoms with van der Waals surface area (Å²) in [6, 6.07) is -15.3. The van der Waals surface area contributed by atoms with Gasteiger partial charge >= 0.3 is 5.91 Å². The van der Waals surface area contributed by atoms with Crippen LogP contribution in [0.1, 0.15) is 157 Å². The third kappa shape index (κ3) is 20.2. The Morgan fingerprint density at radius 1 is 0.565 bits per heavy atom. The molecule has 2 unspecified atom stereocenters. The van der Waals surface area contributed by atoms with Gasteiger partial charge in [-0.3, -0.25) is 47.9 Å². The van der Waals surface area contributed by atoms with Crippen molar-refractivity contribution in [3.05, 3.63) is 12.2 Å². The molecule has 15 atom stereocenters. The Kier molecular flexibility index (Phi) is 31.6. The first-order chi connectivity index (χ1) is 42.5. The molecular formula is C66H118N11O15+. The SMILES string of the molecule is CC=CC[C@@H](C)[C@@H](O)[C@H]1C(=O)N[C@@H](CC)C(=O)N(C)[C@H](CO)C(=O)N(C)[C@@H](CC(C)(C)OCOCC)C(=O)N[C@@H](C(C)C)C(=O)N(C)[C@@H](CC(C)C)C(=O)N[C@@H](C)C(=O)N[C@H](C)C(=O)[N+]2(C)C(C(C)C)[C@@H]2C(=O)N(C)[C@@H](CC(C)C)C(=O)N(C)[C@@H](C(C)C)C(=O)N1C. The van der Waals surface area contributed by atoms with Gasteiger partial charge in [-0.2, -0.15) is 0 Å². The van der Waals surface area contributed by atoms with Crippen LogP contribution < -0.4 is 21.3 Å². The number of aliphatic hydroxyl groups is 2. The lowest BCUT2D eigenvalue weighted by atomic mass is 9.91. The van der Waals surface area contributed by atoms with Gasteiger partial charge in [0.05, 0.1) is 25.4 Å². The Bertz CT molecular complexity index is 2600. The molecule has 92 heavy (non-hydrogen) atoms. The molecule has 2 saturated heterocycles. The van der Waals surface area contributed by atoms with Crippen LogP contribution in [0.2, 0.25) is 0 Å². The predicted molar refractivity (Wildman–Crippen MR) is 349 cm³/mol. The van der Waals surface area contributed by atoms with Crippen molar-refractivity contribution in [3.8, 4) is 0 Å². The highest BCUT2D eigenvalue weighted by molar-refractivity contribution is 6.00. The van der Waals surface area contributed by atoms with Crippen LogP contribution in [0.25, 0.3) is 0 Å². The van der Waals surface area contributed by atoms with Gasteiger partial charge in [-0.25, -0.2) is 9.28 Å². The van der Waals surface area contributed by atoms with Crippen molar-refractivity contribution in [2.75, 3.05) is 69.3 Å². The fourth-order valence-corrected chi connectivity index (χ4v) is 12.5. The molecule has 26 nitrogen and oxygen atoms in total. The van der Waals surface area contributed by atoms with E-state index in [2.05, 4.69) is 21.3 Å². The molecule has 2 rings (SSSR count). The summed E-state index contributed by atoms with van der Waals surface area (Å²) in [5, 5.41) is 34.2. The number of fused-ring (bicyclic) bond motifs is 1. The largest absolute Gasteiger partial charge is 0.394 e. The summed E-state index contributed by atoms with van der Waals surface area (Å²) in [6.07, 6.45) is 2.19. The van der Waals surface area contributed by atoms with Crippen LogP contribution in [0.3, 0.4) is 0 Å². The van der Waals surface area contributed by atoms with E-state index >= 15 is 19.2 Å². The molecular weight excluding hydrogens is 1190 g/mol. The molecule has 0 saturated carbocycles. The van der Waals surface area contributed by atoms with E-state index in [4.69, 9.17) is 9.47 Å². The van der Waals surface area contributed by atoms with E-state index in [1.165, 1.54) is 70.8 Å². The summed E-state index contributed by atoms with van der Waals surface area (Å²) in [4.78, 5) is 170. The maximum Gasteiger partial charge on any atom is 0.336 e. The lowest BCUT2D eigenvalue weighted by Gasteiger charge is -2.41. The lowest BCUT2D eigenvalue weighted by Crippen LogP contribution is -2.64. The number of aliphatic hydroxyl groups excluding tert-OH is 2. The van der Waals surface area contributed by atoms with Crippen LogP contribution >= 0.6 is 0 Å². The minimum absolute atomic E-state index is 0.0891. The fourth-order valence-electron chi connectivity index (χ4n) is 12.5. The number of ether oxygens (including phenoxy) is 2. The van der Waals surface area contributed by atoms with Gasteiger partial charge in [0, 0.05) is 61.2 Å². The zero-order chi connectivity index (χ0) is 71.1. The van der Waals surface area contributed by atoms with Crippen molar-refractivity contribution >= 4 is 65.0 Å². The highest BCUT2D eigenvalue weighted by Crippen LogP contribution is 2.45. The molecule has 0 spiro atoms. The number of carbonyl (C=O) groups excluding carboxylic acids is 11. The van der Waals surface area contributed by atoms with E-state index in [9.17, 15) is 43.8 Å². The van der Waals surface area contributed by atoms with Gasteiger partial charge in [0.25, 0.3) is 5.91 Å². The van der Waals surface area contributed by atoms with Crippen LogP contribution in [0.4, 0.5) is 0 Å². The van der Waals surface area contributed by atoms with Crippen LogP contribution in [0, 0.1) is 35.5 Å². The summed E-state index contributed by atoms with van der Waals surface area (Å²) >= 11 is 0. The van der Waals surface area contributed by atoms with Crippen LogP contribution in [0.15, 0.2) is 12.2 Å². The van der Waals surface area contributed by atoms with E-state index < -0.39 is 178 Å². The molecule has 2 aliphatic heterocycles. The number of allylic oxidation sites excluding steroid dienone is 2. The quantitative estimate of drug-likeness (QED) is 0.0355. The highest BCUT2D eigenvalue weighted by Gasteiger charge is 2.74. The second-order valence-electron chi connectivity index (χ2n) is 28.2.